The van der Waals surface area contributed by atoms with Crippen LogP contribution in [-0.4, -0.2) is 45.6 Å². The molecule has 9 heteroatoms. The Bertz CT molecular complexity index is 1260. The molecule has 4 heterocycles. The van der Waals surface area contributed by atoms with Crippen molar-refractivity contribution in [3.8, 4) is 10.6 Å². The molecule has 0 unspecified atom stereocenters. The summed E-state index contributed by atoms with van der Waals surface area (Å²) in [7, 11) is 1.41. The van der Waals surface area contributed by atoms with Gasteiger partial charge in [0.1, 0.15) is 22.9 Å². The smallest absolute Gasteiger partial charge is 0.409 e. The highest BCUT2D eigenvalue weighted by atomic mass is 35.5. The van der Waals surface area contributed by atoms with E-state index >= 15 is 0 Å². The molecule has 2 N–H and O–H groups in total. The summed E-state index contributed by atoms with van der Waals surface area (Å²) in [5.74, 6) is 1.61. The number of thiophene rings is 1. The number of anilines is 1. The van der Waals surface area contributed by atoms with Crippen LogP contribution in [0.4, 0.5) is 10.6 Å². The van der Waals surface area contributed by atoms with Crippen LogP contribution in [0.2, 0.25) is 5.02 Å². The first-order chi connectivity index (χ1) is 14.6. The number of ether oxygens (including phenoxy) is 1. The largest absolute Gasteiger partial charge is 0.453 e. The van der Waals surface area contributed by atoms with Crippen molar-refractivity contribution in [1.29, 1.82) is 0 Å². The molecule has 0 aliphatic carbocycles. The Labute approximate surface area is 182 Å². The van der Waals surface area contributed by atoms with Gasteiger partial charge < -0.3 is 15.4 Å². The summed E-state index contributed by atoms with van der Waals surface area (Å²) in [4.78, 5) is 23.9. The Morgan fingerprint density at radius 1 is 1.33 bits per heavy atom. The van der Waals surface area contributed by atoms with Crippen LogP contribution >= 0.6 is 22.9 Å². The van der Waals surface area contributed by atoms with E-state index in [9.17, 15) is 4.79 Å². The molecule has 1 aromatic carbocycles. The third kappa shape index (κ3) is 3.07. The normalized spacial score (nSPS) is 15.2. The number of hydrogen-bond acceptors (Lipinski definition) is 6. The van der Waals surface area contributed by atoms with Gasteiger partial charge >= 0.3 is 6.09 Å². The topological polar surface area (TPSA) is 85.8 Å². The van der Waals surface area contributed by atoms with E-state index in [0.717, 1.165) is 49.9 Å². The predicted octanol–water partition coefficient (Wildman–Crippen LogP) is 4.79. The SMILES string of the molecule is COC(=O)N1CCC(c2nc(-c3cc4cccc(Cl)c4s3)c3c(N)nccn23)CC1. The van der Waals surface area contributed by atoms with Crippen LogP contribution in [0.1, 0.15) is 24.6 Å². The summed E-state index contributed by atoms with van der Waals surface area (Å²) < 4.78 is 7.93. The molecule has 0 atom stereocenters. The van der Waals surface area contributed by atoms with Crippen LogP contribution in [-0.2, 0) is 4.74 Å². The van der Waals surface area contributed by atoms with Crippen LogP contribution in [0, 0.1) is 0 Å². The van der Waals surface area contributed by atoms with E-state index in [1.807, 2.05) is 28.8 Å². The van der Waals surface area contributed by atoms with Gasteiger partial charge in [0.05, 0.1) is 21.7 Å². The first-order valence-electron chi connectivity index (χ1n) is 9.70. The Kier molecular flexibility index (Phi) is 4.75. The maximum absolute atomic E-state index is 11.8. The van der Waals surface area contributed by atoms with Crippen molar-refractivity contribution < 1.29 is 9.53 Å². The number of carbonyl (C=O) groups is 1. The number of amides is 1. The highest BCUT2D eigenvalue weighted by Gasteiger charge is 2.29. The lowest BCUT2D eigenvalue weighted by Gasteiger charge is -2.30. The summed E-state index contributed by atoms with van der Waals surface area (Å²) >= 11 is 8.00. The molecule has 0 radical (unpaired) electrons. The van der Waals surface area contributed by atoms with E-state index in [-0.39, 0.29) is 12.0 Å². The van der Waals surface area contributed by atoms with Crippen LogP contribution in [0.3, 0.4) is 0 Å². The van der Waals surface area contributed by atoms with Gasteiger partial charge in [0.15, 0.2) is 0 Å². The lowest BCUT2D eigenvalue weighted by molar-refractivity contribution is 0.111. The zero-order valence-electron chi connectivity index (χ0n) is 16.3. The first-order valence-corrected chi connectivity index (χ1v) is 10.9. The molecule has 1 amide bonds. The number of likely N-dealkylation sites (tertiary alicyclic amines) is 1. The molecule has 3 aromatic heterocycles. The summed E-state index contributed by atoms with van der Waals surface area (Å²) in [5, 5.41) is 1.81. The number of rotatable bonds is 2. The van der Waals surface area contributed by atoms with Gasteiger partial charge in [-0.2, -0.15) is 0 Å². The van der Waals surface area contributed by atoms with Gasteiger partial charge in [0.2, 0.25) is 0 Å². The number of imidazole rings is 1. The fourth-order valence-electron chi connectivity index (χ4n) is 4.14. The summed E-state index contributed by atoms with van der Waals surface area (Å²) in [6.45, 7) is 1.28. The lowest BCUT2D eigenvalue weighted by atomic mass is 9.96. The van der Waals surface area contributed by atoms with Crippen molar-refractivity contribution in [2.45, 2.75) is 18.8 Å². The van der Waals surface area contributed by atoms with E-state index in [4.69, 9.17) is 27.1 Å². The van der Waals surface area contributed by atoms with Crippen LogP contribution in [0.5, 0.6) is 0 Å². The fourth-order valence-corrected chi connectivity index (χ4v) is 5.49. The quantitative estimate of drug-likeness (QED) is 0.483. The predicted molar refractivity (Wildman–Crippen MR) is 119 cm³/mol. The van der Waals surface area contributed by atoms with Gasteiger partial charge in [-0.1, -0.05) is 23.7 Å². The maximum atomic E-state index is 11.8. The Balaban J connectivity index is 1.59. The fraction of sp³-hybridized carbons (Fsp3) is 0.286. The second-order valence-electron chi connectivity index (χ2n) is 7.35. The number of carbonyl (C=O) groups excluding carboxylic acids is 1. The van der Waals surface area contributed by atoms with Gasteiger partial charge in [-0.25, -0.2) is 14.8 Å². The number of hydrogen-bond donors (Lipinski definition) is 1. The van der Waals surface area contributed by atoms with Crippen molar-refractivity contribution in [3.05, 3.63) is 47.5 Å². The minimum absolute atomic E-state index is 0.215. The minimum atomic E-state index is -0.280. The molecule has 1 aliphatic rings. The number of halogens is 1. The highest BCUT2D eigenvalue weighted by molar-refractivity contribution is 7.22. The number of methoxy groups -OCH3 is 1. The lowest BCUT2D eigenvalue weighted by Crippen LogP contribution is -2.38. The summed E-state index contributed by atoms with van der Waals surface area (Å²) in [5.41, 5.74) is 7.91. The van der Waals surface area contributed by atoms with Gasteiger partial charge in [-0.3, -0.25) is 4.40 Å². The van der Waals surface area contributed by atoms with Gasteiger partial charge in [0.25, 0.3) is 0 Å². The summed E-state index contributed by atoms with van der Waals surface area (Å²) in [6.07, 6.45) is 4.95. The molecule has 0 saturated carbocycles. The second-order valence-corrected chi connectivity index (χ2v) is 8.81. The number of nitrogens with two attached hydrogens (primary N) is 1. The van der Waals surface area contributed by atoms with Crippen LogP contribution in [0.15, 0.2) is 36.7 Å². The zero-order chi connectivity index (χ0) is 20.8. The summed E-state index contributed by atoms with van der Waals surface area (Å²) in [6, 6.07) is 7.99. The minimum Gasteiger partial charge on any atom is -0.453 e. The molecule has 4 aromatic rings. The molecule has 154 valence electrons. The average molecular weight is 442 g/mol. The van der Waals surface area contributed by atoms with Crippen molar-refractivity contribution in [1.82, 2.24) is 19.3 Å². The van der Waals surface area contributed by atoms with E-state index in [1.165, 1.54) is 7.11 Å². The molecule has 1 aliphatic heterocycles. The highest BCUT2D eigenvalue weighted by Crippen LogP contribution is 2.41. The van der Waals surface area contributed by atoms with Gasteiger partial charge in [-0.05, 0) is 30.4 Å². The molecule has 0 spiro atoms. The molecule has 5 rings (SSSR count). The second kappa shape index (κ2) is 7.45. The molecule has 1 fully saturated rings. The first kappa shape index (κ1) is 19.1. The maximum Gasteiger partial charge on any atom is 0.409 e. The number of nitrogen functional groups attached to an aromatic ring is 1. The number of aromatic nitrogens is 3. The Hall–Kier alpha value is -2.84. The molecule has 7 nitrogen and oxygen atoms in total. The number of fused-ring (bicyclic) bond motifs is 2. The van der Waals surface area contributed by atoms with Crippen LogP contribution < -0.4 is 5.73 Å². The van der Waals surface area contributed by atoms with E-state index < -0.39 is 0 Å². The number of benzene rings is 1. The van der Waals surface area contributed by atoms with Crippen molar-refractivity contribution in [2.75, 3.05) is 25.9 Å². The monoisotopic (exact) mass is 441 g/mol. The Morgan fingerprint density at radius 3 is 2.87 bits per heavy atom. The van der Waals surface area contributed by atoms with E-state index in [1.54, 1.807) is 22.4 Å². The molecule has 0 bridgehead atoms. The molecule has 1 saturated heterocycles. The number of piperidine rings is 1. The van der Waals surface area contributed by atoms with Crippen LogP contribution in [0.25, 0.3) is 26.2 Å². The average Bonchev–Trinajstić information content (AvgIpc) is 3.37. The van der Waals surface area contributed by atoms with Crippen molar-refractivity contribution in [2.24, 2.45) is 0 Å². The molecular formula is C21H20ClN5O2S. The third-order valence-electron chi connectivity index (χ3n) is 5.63. The van der Waals surface area contributed by atoms with E-state index in [0.29, 0.717) is 18.9 Å². The number of nitrogens with zero attached hydrogens (tertiary/aromatic N) is 4. The van der Waals surface area contributed by atoms with Crippen molar-refractivity contribution in [3.63, 3.8) is 0 Å². The molecular weight excluding hydrogens is 422 g/mol. The Morgan fingerprint density at radius 2 is 2.13 bits per heavy atom. The van der Waals surface area contributed by atoms with Crippen molar-refractivity contribution >= 4 is 50.5 Å². The molecule has 30 heavy (non-hydrogen) atoms. The standard InChI is InChI=1S/C21H20ClN5O2S/c1-29-21(28)26-8-5-12(6-9-26)20-25-16(17-19(23)24-7-10-27(17)20)15-11-13-3-2-4-14(22)18(13)30-15/h2-4,7,10-12H,5-6,8-9H2,1H3,(H2,23,24). The van der Waals surface area contributed by atoms with Gasteiger partial charge in [0, 0.05) is 31.4 Å². The zero-order valence-corrected chi connectivity index (χ0v) is 17.9. The third-order valence-corrected chi connectivity index (χ3v) is 7.25. The van der Waals surface area contributed by atoms with E-state index in [2.05, 4.69) is 11.1 Å². The van der Waals surface area contributed by atoms with Gasteiger partial charge in [-0.15, -0.1) is 11.3 Å².